The Balaban J connectivity index is 1.29. The molecule has 2 aliphatic rings. The molecule has 3 aromatic rings. The number of benzene rings is 1. The molecule has 2 saturated heterocycles. The van der Waals surface area contributed by atoms with Gasteiger partial charge in [0.25, 0.3) is 5.91 Å². The van der Waals surface area contributed by atoms with Crippen LogP contribution in [0.4, 0.5) is 9.18 Å². The Hall–Kier alpha value is -3.42. The zero-order chi connectivity index (χ0) is 20.0. The number of nitrogens with zero attached hydrogens (tertiary/aromatic N) is 3. The number of amides is 2. The lowest BCUT2D eigenvalue weighted by Crippen LogP contribution is -2.40. The highest BCUT2D eigenvalue weighted by molar-refractivity contribution is 5.98. The zero-order valence-corrected chi connectivity index (χ0v) is 15.5. The van der Waals surface area contributed by atoms with Crippen molar-refractivity contribution in [2.24, 2.45) is 0 Å². The van der Waals surface area contributed by atoms with E-state index in [2.05, 4.69) is 9.97 Å². The number of hydrogen-bond donors (Lipinski definition) is 1. The minimum absolute atomic E-state index is 0.169. The number of aromatic amines is 1. The van der Waals surface area contributed by atoms with Crippen molar-refractivity contribution in [2.45, 2.75) is 18.6 Å². The molecule has 29 heavy (non-hydrogen) atoms. The molecular weight excluding hydrogens is 375 g/mol. The van der Waals surface area contributed by atoms with Gasteiger partial charge in [0.15, 0.2) is 0 Å². The van der Waals surface area contributed by atoms with Crippen LogP contribution in [0, 0.1) is 5.82 Å². The third-order valence-electron chi connectivity index (χ3n) is 5.56. The van der Waals surface area contributed by atoms with Gasteiger partial charge >= 0.3 is 6.09 Å². The standard InChI is InChI=1S/C21H19FN4O3/c22-14-4-5-16-13(9-14)10-17(24-16)20(27)25-11-18-19(12-25)29-21(28)26(18)8-6-15-3-1-2-7-23-15/h1-5,7,9-10,18-19,24H,6,8,11-12H2. The molecule has 1 aromatic carbocycles. The van der Waals surface area contributed by atoms with Crippen LogP contribution in [0.2, 0.25) is 0 Å². The van der Waals surface area contributed by atoms with Crippen molar-refractivity contribution >= 4 is 22.9 Å². The summed E-state index contributed by atoms with van der Waals surface area (Å²) < 4.78 is 18.9. The minimum atomic E-state index is -0.346. The zero-order valence-electron chi connectivity index (χ0n) is 15.5. The van der Waals surface area contributed by atoms with Crippen LogP contribution < -0.4 is 0 Å². The van der Waals surface area contributed by atoms with Crippen molar-refractivity contribution in [1.29, 1.82) is 0 Å². The second kappa shape index (κ2) is 6.88. The summed E-state index contributed by atoms with van der Waals surface area (Å²) in [6.45, 7) is 1.24. The number of carbonyl (C=O) groups is 2. The molecule has 4 heterocycles. The minimum Gasteiger partial charge on any atom is -0.442 e. The van der Waals surface area contributed by atoms with Crippen LogP contribution in [0.1, 0.15) is 16.2 Å². The summed E-state index contributed by atoms with van der Waals surface area (Å²) >= 11 is 0. The largest absolute Gasteiger partial charge is 0.442 e. The third kappa shape index (κ3) is 3.20. The number of ether oxygens (including phenoxy) is 1. The number of pyridine rings is 1. The van der Waals surface area contributed by atoms with E-state index >= 15 is 0 Å². The molecule has 2 aliphatic heterocycles. The molecule has 2 atom stereocenters. The topological polar surface area (TPSA) is 78.5 Å². The molecule has 148 valence electrons. The van der Waals surface area contributed by atoms with Crippen molar-refractivity contribution in [1.82, 2.24) is 19.8 Å². The Morgan fingerprint density at radius 1 is 1.24 bits per heavy atom. The molecule has 7 nitrogen and oxygen atoms in total. The first-order valence-corrected chi connectivity index (χ1v) is 9.53. The van der Waals surface area contributed by atoms with Crippen LogP contribution in [-0.2, 0) is 11.2 Å². The molecular formula is C21H19FN4O3. The second-order valence-corrected chi connectivity index (χ2v) is 7.38. The number of rotatable bonds is 4. The average Bonchev–Trinajstić information content (AvgIpc) is 3.39. The van der Waals surface area contributed by atoms with Crippen molar-refractivity contribution < 1.29 is 18.7 Å². The lowest BCUT2D eigenvalue weighted by Gasteiger charge is -2.22. The molecule has 8 heteroatoms. The molecule has 2 fully saturated rings. The fraction of sp³-hybridized carbons (Fsp3) is 0.286. The number of halogens is 1. The molecule has 0 saturated carbocycles. The van der Waals surface area contributed by atoms with E-state index in [4.69, 9.17) is 4.74 Å². The quantitative estimate of drug-likeness (QED) is 0.738. The number of fused-ring (bicyclic) bond motifs is 2. The average molecular weight is 394 g/mol. The normalized spacial score (nSPS) is 20.9. The van der Waals surface area contributed by atoms with E-state index < -0.39 is 0 Å². The van der Waals surface area contributed by atoms with Gasteiger partial charge in [-0.3, -0.25) is 14.7 Å². The predicted molar refractivity (Wildman–Crippen MR) is 103 cm³/mol. The van der Waals surface area contributed by atoms with Gasteiger partial charge in [0.2, 0.25) is 0 Å². The summed E-state index contributed by atoms with van der Waals surface area (Å²) in [4.78, 5) is 35.9. The summed E-state index contributed by atoms with van der Waals surface area (Å²) in [6, 6.07) is 11.5. The number of nitrogens with one attached hydrogen (secondary N) is 1. The van der Waals surface area contributed by atoms with E-state index in [0.717, 1.165) is 5.69 Å². The van der Waals surface area contributed by atoms with Gasteiger partial charge in [-0.25, -0.2) is 9.18 Å². The Morgan fingerprint density at radius 2 is 2.14 bits per heavy atom. The predicted octanol–water partition coefficient (Wildman–Crippen LogP) is 2.59. The van der Waals surface area contributed by atoms with Crippen molar-refractivity contribution in [2.75, 3.05) is 19.6 Å². The van der Waals surface area contributed by atoms with Gasteiger partial charge in [0, 0.05) is 42.3 Å². The van der Waals surface area contributed by atoms with Crippen LogP contribution in [0.25, 0.3) is 10.9 Å². The first-order valence-electron chi connectivity index (χ1n) is 9.53. The Labute approximate surface area is 166 Å². The van der Waals surface area contributed by atoms with Gasteiger partial charge in [0.1, 0.15) is 17.6 Å². The van der Waals surface area contributed by atoms with Crippen LogP contribution in [0.15, 0.2) is 48.7 Å². The van der Waals surface area contributed by atoms with E-state index in [9.17, 15) is 14.0 Å². The number of carbonyl (C=O) groups excluding carboxylic acids is 2. The van der Waals surface area contributed by atoms with Gasteiger partial charge in [-0.05, 0) is 36.4 Å². The lowest BCUT2D eigenvalue weighted by atomic mass is 10.2. The van der Waals surface area contributed by atoms with E-state index in [-0.39, 0.29) is 30.0 Å². The van der Waals surface area contributed by atoms with E-state index in [1.165, 1.54) is 12.1 Å². The Kier molecular flexibility index (Phi) is 4.19. The summed E-state index contributed by atoms with van der Waals surface area (Å²) in [5.41, 5.74) is 2.01. The maximum absolute atomic E-state index is 13.4. The Morgan fingerprint density at radius 3 is 2.97 bits per heavy atom. The van der Waals surface area contributed by atoms with Crippen molar-refractivity contribution in [3.8, 4) is 0 Å². The molecule has 1 N–H and O–H groups in total. The van der Waals surface area contributed by atoms with Gasteiger partial charge in [0.05, 0.1) is 12.6 Å². The van der Waals surface area contributed by atoms with E-state index in [1.807, 2.05) is 18.2 Å². The highest BCUT2D eigenvalue weighted by atomic mass is 19.1. The smallest absolute Gasteiger partial charge is 0.410 e. The lowest BCUT2D eigenvalue weighted by molar-refractivity contribution is 0.0723. The molecule has 2 unspecified atom stereocenters. The monoisotopic (exact) mass is 394 g/mol. The van der Waals surface area contributed by atoms with Crippen molar-refractivity contribution in [3.05, 3.63) is 65.9 Å². The highest BCUT2D eigenvalue weighted by Crippen LogP contribution is 2.28. The SMILES string of the molecule is O=C(c1cc2cc(F)ccc2[nH]1)N1CC2OC(=O)N(CCc3ccccn3)C2C1. The maximum atomic E-state index is 13.4. The number of likely N-dealkylation sites (tertiary alicyclic amines) is 1. The number of hydrogen-bond acceptors (Lipinski definition) is 4. The van der Waals surface area contributed by atoms with Gasteiger partial charge in [-0.15, -0.1) is 0 Å². The Bertz CT molecular complexity index is 1080. The summed E-state index contributed by atoms with van der Waals surface area (Å²) in [7, 11) is 0. The maximum Gasteiger partial charge on any atom is 0.410 e. The molecule has 0 bridgehead atoms. The van der Waals surface area contributed by atoms with Crippen LogP contribution >= 0.6 is 0 Å². The van der Waals surface area contributed by atoms with Crippen LogP contribution in [0.5, 0.6) is 0 Å². The van der Waals surface area contributed by atoms with Crippen LogP contribution in [-0.4, -0.2) is 63.5 Å². The summed E-state index contributed by atoms with van der Waals surface area (Å²) in [5, 5.41) is 0.649. The van der Waals surface area contributed by atoms with E-state index in [0.29, 0.717) is 42.7 Å². The summed E-state index contributed by atoms with van der Waals surface area (Å²) in [6.07, 6.45) is 1.67. The first-order chi connectivity index (χ1) is 14.1. The third-order valence-corrected chi connectivity index (χ3v) is 5.56. The highest BCUT2D eigenvalue weighted by Gasteiger charge is 2.48. The molecule has 0 aliphatic carbocycles. The van der Waals surface area contributed by atoms with Gasteiger partial charge in [-0.1, -0.05) is 6.07 Å². The van der Waals surface area contributed by atoms with Gasteiger partial charge in [-0.2, -0.15) is 0 Å². The fourth-order valence-electron chi connectivity index (χ4n) is 4.10. The van der Waals surface area contributed by atoms with Crippen molar-refractivity contribution in [3.63, 3.8) is 0 Å². The molecule has 5 rings (SSSR count). The number of H-pyrrole nitrogens is 1. The summed E-state index contributed by atoms with van der Waals surface area (Å²) in [5.74, 6) is -0.529. The van der Waals surface area contributed by atoms with Crippen LogP contribution in [0.3, 0.4) is 0 Å². The van der Waals surface area contributed by atoms with E-state index in [1.54, 1.807) is 28.1 Å². The second-order valence-electron chi connectivity index (χ2n) is 7.38. The molecule has 2 aromatic heterocycles. The molecule has 0 spiro atoms. The van der Waals surface area contributed by atoms with Gasteiger partial charge < -0.3 is 14.6 Å². The first kappa shape index (κ1) is 17.7. The fourth-order valence-corrected chi connectivity index (χ4v) is 4.10. The number of aromatic nitrogens is 2. The molecule has 2 amide bonds. The molecule has 0 radical (unpaired) electrons.